The van der Waals surface area contributed by atoms with Crippen LogP contribution in [0, 0.1) is 5.82 Å². The van der Waals surface area contributed by atoms with Crippen LogP contribution in [0.5, 0.6) is 0 Å². The number of halogens is 2. The lowest BCUT2D eigenvalue weighted by Crippen LogP contribution is -2.48. The zero-order chi connectivity index (χ0) is 18.4. The molecule has 0 spiro atoms. The minimum absolute atomic E-state index is 0.281. The first kappa shape index (κ1) is 18.5. The molecule has 26 heavy (non-hydrogen) atoms. The van der Waals surface area contributed by atoms with Gasteiger partial charge in [0, 0.05) is 55.7 Å². The molecule has 2 N–H and O–H groups in total. The Morgan fingerprint density at radius 3 is 2.31 bits per heavy atom. The van der Waals surface area contributed by atoms with Gasteiger partial charge in [-0.1, -0.05) is 11.6 Å². The summed E-state index contributed by atoms with van der Waals surface area (Å²) in [5.74, 6) is -0.325. The van der Waals surface area contributed by atoms with Gasteiger partial charge in [-0.2, -0.15) is 0 Å². The van der Waals surface area contributed by atoms with Crippen LogP contribution in [0.4, 0.5) is 20.6 Å². The van der Waals surface area contributed by atoms with E-state index in [0.29, 0.717) is 12.2 Å². The first-order valence-corrected chi connectivity index (χ1v) is 9.01. The summed E-state index contributed by atoms with van der Waals surface area (Å²) in [5, 5.41) is 6.26. The average Bonchev–Trinajstić information content (AvgIpc) is 2.65. The summed E-state index contributed by atoms with van der Waals surface area (Å²) in [4.78, 5) is 16.5. The highest BCUT2D eigenvalue weighted by Crippen LogP contribution is 2.19. The highest BCUT2D eigenvalue weighted by molar-refractivity contribution is 6.30. The summed E-state index contributed by atoms with van der Waals surface area (Å²) in [7, 11) is 0. The van der Waals surface area contributed by atoms with Crippen LogP contribution >= 0.6 is 11.6 Å². The van der Waals surface area contributed by atoms with E-state index >= 15 is 0 Å². The van der Waals surface area contributed by atoms with Gasteiger partial charge in [-0.25, -0.2) is 9.18 Å². The number of nitrogens with zero attached hydrogens (tertiary/aromatic N) is 2. The number of piperazine rings is 1. The number of hydrogen-bond donors (Lipinski definition) is 2. The van der Waals surface area contributed by atoms with Crippen LogP contribution in [0.1, 0.15) is 0 Å². The Labute approximate surface area is 157 Å². The van der Waals surface area contributed by atoms with E-state index in [9.17, 15) is 9.18 Å². The maximum absolute atomic E-state index is 12.8. The molecule has 1 fully saturated rings. The molecular formula is C19H22ClFN4O. The van der Waals surface area contributed by atoms with Crippen molar-refractivity contribution in [2.75, 3.05) is 49.5 Å². The maximum atomic E-state index is 12.8. The van der Waals surface area contributed by atoms with Crippen molar-refractivity contribution in [2.24, 2.45) is 0 Å². The third-order valence-corrected chi connectivity index (χ3v) is 4.63. The van der Waals surface area contributed by atoms with Crippen molar-refractivity contribution in [3.63, 3.8) is 0 Å². The van der Waals surface area contributed by atoms with Gasteiger partial charge in [0.2, 0.25) is 0 Å². The number of carbonyl (C=O) groups excluding carboxylic acids is 1. The Kier molecular flexibility index (Phi) is 6.30. The van der Waals surface area contributed by atoms with Crippen molar-refractivity contribution in [1.82, 2.24) is 10.2 Å². The van der Waals surface area contributed by atoms with Gasteiger partial charge < -0.3 is 15.5 Å². The van der Waals surface area contributed by atoms with Crippen LogP contribution in [0.2, 0.25) is 5.02 Å². The third kappa shape index (κ3) is 5.34. The summed E-state index contributed by atoms with van der Waals surface area (Å²) < 4.78 is 12.8. The number of benzene rings is 2. The van der Waals surface area contributed by atoms with Crippen LogP contribution in [0.3, 0.4) is 0 Å². The van der Waals surface area contributed by atoms with Crippen molar-refractivity contribution >= 4 is 29.0 Å². The number of nitrogens with one attached hydrogen (secondary N) is 2. The lowest BCUT2D eigenvalue weighted by Gasteiger charge is -2.36. The molecule has 138 valence electrons. The zero-order valence-electron chi connectivity index (χ0n) is 14.4. The molecule has 7 heteroatoms. The molecule has 0 unspecified atom stereocenters. The van der Waals surface area contributed by atoms with Crippen LogP contribution in [-0.4, -0.2) is 50.2 Å². The molecule has 1 heterocycles. The van der Waals surface area contributed by atoms with Crippen molar-refractivity contribution in [1.29, 1.82) is 0 Å². The van der Waals surface area contributed by atoms with Gasteiger partial charge in [0.25, 0.3) is 0 Å². The van der Waals surface area contributed by atoms with E-state index in [4.69, 9.17) is 11.6 Å². The van der Waals surface area contributed by atoms with Gasteiger partial charge in [0.1, 0.15) is 5.82 Å². The van der Waals surface area contributed by atoms with Gasteiger partial charge >= 0.3 is 6.03 Å². The standard InChI is InChI=1S/C19H22ClFN4O/c20-15-1-7-18(8-2-15)25-13-11-24(12-14-25)10-9-22-19(26)23-17-5-3-16(21)4-6-17/h1-8H,9-14H2,(H2,22,23,26). The molecule has 0 saturated carbocycles. The number of anilines is 2. The first-order chi connectivity index (χ1) is 12.6. The predicted octanol–water partition coefficient (Wildman–Crippen LogP) is 3.42. The molecule has 0 bridgehead atoms. The van der Waals surface area contributed by atoms with E-state index in [-0.39, 0.29) is 11.8 Å². The average molecular weight is 377 g/mol. The maximum Gasteiger partial charge on any atom is 0.319 e. The zero-order valence-corrected chi connectivity index (χ0v) is 15.2. The molecule has 0 radical (unpaired) electrons. The quantitative estimate of drug-likeness (QED) is 0.840. The van der Waals surface area contributed by atoms with E-state index in [0.717, 1.165) is 37.7 Å². The second kappa shape index (κ2) is 8.87. The number of urea groups is 1. The predicted molar refractivity (Wildman–Crippen MR) is 104 cm³/mol. The van der Waals surface area contributed by atoms with Crippen molar-refractivity contribution in [3.8, 4) is 0 Å². The third-order valence-electron chi connectivity index (χ3n) is 4.38. The molecular weight excluding hydrogens is 355 g/mol. The number of carbonyl (C=O) groups is 1. The molecule has 3 rings (SSSR count). The van der Waals surface area contributed by atoms with Crippen molar-refractivity contribution < 1.29 is 9.18 Å². The minimum Gasteiger partial charge on any atom is -0.369 e. The second-order valence-corrected chi connectivity index (χ2v) is 6.63. The Morgan fingerprint density at radius 1 is 1.00 bits per heavy atom. The second-order valence-electron chi connectivity index (χ2n) is 6.19. The number of rotatable bonds is 5. The smallest absolute Gasteiger partial charge is 0.319 e. The first-order valence-electron chi connectivity index (χ1n) is 8.63. The fourth-order valence-corrected chi connectivity index (χ4v) is 3.04. The Bertz CT molecular complexity index is 715. The molecule has 1 saturated heterocycles. The van der Waals surface area contributed by atoms with E-state index in [1.165, 1.54) is 30.0 Å². The Hall–Kier alpha value is -2.31. The number of hydrogen-bond acceptors (Lipinski definition) is 3. The fourth-order valence-electron chi connectivity index (χ4n) is 2.92. The highest BCUT2D eigenvalue weighted by atomic mass is 35.5. The van der Waals surface area contributed by atoms with Crippen LogP contribution < -0.4 is 15.5 Å². The van der Waals surface area contributed by atoms with Gasteiger partial charge in [-0.3, -0.25) is 4.90 Å². The van der Waals surface area contributed by atoms with E-state index in [2.05, 4.69) is 20.4 Å². The Balaban J connectivity index is 1.35. The minimum atomic E-state index is -0.325. The summed E-state index contributed by atoms with van der Waals surface area (Å²) in [5.41, 5.74) is 1.76. The summed E-state index contributed by atoms with van der Waals surface area (Å²) in [6, 6.07) is 13.3. The molecule has 0 atom stereocenters. The molecule has 5 nitrogen and oxygen atoms in total. The molecule has 0 aliphatic carbocycles. The van der Waals surface area contributed by atoms with E-state index in [1.54, 1.807) is 0 Å². The van der Waals surface area contributed by atoms with Gasteiger partial charge in [-0.15, -0.1) is 0 Å². The summed E-state index contributed by atoms with van der Waals surface area (Å²) in [6.45, 7) is 5.15. The normalized spacial score (nSPS) is 14.9. The SMILES string of the molecule is O=C(NCCN1CCN(c2ccc(Cl)cc2)CC1)Nc1ccc(F)cc1. The monoisotopic (exact) mass is 376 g/mol. The fraction of sp³-hybridized carbons (Fsp3) is 0.316. The highest BCUT2D eigenvalue weighted by Gasteiger charge is 2.17. The van der Waals surface area contributed by atoms with Crippen molar-refractivity contribution in [3.05, 3.63) is 59.4 Å². The van der Waals surface area contributed by atoms with E-state index in [1.807, 2.05) is 24.3 Å². The van der Waals surface area contributed by atoms with Gasteiger partial charge in [0.15, 0.2) is 0 Å². The number of amides is 2. The van der Waals surface area contributed by atoms with Crippen LogP contribution in [0.25, 0.3) is 0 Å². The van der Waals surface area contributed by atoms with E-state index < -0.39 is 0 Å². The lowest BCUT2D eigenvalue weighted by atomic mass is 10.2. The Morgan fingerprint density at radius 2 is 1.65 bits per heavy atom. The molecule has 0 aromatic heterocycles. The summed E-state index contributed by atoms with van der Waals surface area (Å²) >= 11 is 5.93. The van der Waals surface area contributed by atoms with Crippen molar-refractivity contribution in [2.45, 2.75) is 0 Å². The molecule has 2 aromatic carbocycles. The molecule has 2 aromatic rings. The molecule has 2 amide bonds. The molecule has 1 aliphatic heterocycles. The largest absolute Gasteiger partial charge is 0.369 e. The molecule has 1 aliphatic rings. The summed E-state index contributed by atoms with van der Waals surface area (Å²) in [6.07, 6.45) is 0. The van der Waals surface area contributed by atoms with Gasteiger partial charge in [0.05, 0.1) is 0 Å². The lowest BCUT2D eigenvalue weighted by molar-refractivity contribution is 0.240. The topological polar surface area (TPSA) is 47.6 Å². The van der Waals surface area contributed by atoms with Gasteiger partial charge in [-0.05, 0) is 48.5 Å². The van der Waals surface area contributed by atoms with Crippen LogP contribution in [-0.2, 0) is 0 Å². The van der Waals surface area contributed by atoms with Crippen LogP contribution in [0.15, 0.2) is 48.5 Å².